The molecule has 4 nitrogen and oxygen atoms in total. The Morgan fingerprint density at radius 3 is 2.86 bits per heavy atom. The number of benzene rings is 1. The summed E-state index contributed by atoms with van der Waals surface area (Å²) >= 11 is 0. The first kappa shape index (κ1) is 18.1. The number of anilines is 1. The minimum absolute atomic E-state index is 0.0536. The Balaban J connectivity index is 2.26. The molecule has 0 radical (unpaired) electrons. The number of nitrogens with one attached hydrogen (secondary N) is 2. The predicted molar refractivity (Wildman–Crippen MR) is 92.4 cm³/mol. The SMILES string of the molecule is C=CCNC(=O)CNc1cccc(OCCCCCCC)c1. The largest absolute Gasteiger partial charge is 0.494 e. The predicted octanol–water partition coefficient (Wildman–Crippen LogP) is 3.75. The van der Waals surface area contributed by atoms with E-state index >= 15 is 0 Å². The van der Waals surface area contributed by atoms with Crippen LogP contribution in [0.5, 0.6) is 5.75 Å². The van der Waals surface area contributed by atoms with Crippen molar-refractivity contribution in [1.82, 2.24) is 5.32 Å². The Kier molecular flexibility index (Phi) is 9.59. The van der Waals surface area contributed by atoms with Gasteiger partial charge in [-0.25, -0.2) is 0 Å². The van der Waals surface area contributed by atoms with Gasteiger partial charge < -0.3 is 15.4 Å². The Morgan fingerprint density at radius 2 is 2.09 bits per heavy atom. The second-order valence-electron chi connectivity index (χ2n) is 5.24. The molecule has 0 unspecified atom stereocenters. The van der Waals surface area contributed by atoms with Crippen molar-refractivity contribution in [2.45, 2.75) is 39.0 Å². The Hall–Kier alpha value is -1.97. The highest BCUT2D eigenvalue weighted by molar-refractivity contribution is 5.80. The fourth-order valence-corrected chi connectivity index (χ4v) is 2.02. The maximum absolute atomic E-state index is 11.5. The molecule has 0 aliphatic rings. The van der Waals surface area contributed by atoms with Crippen LogP contribution in [0.2, 0.25) is 0 Å². The van der Waals surface area contributed by atoms with Gasteiger partial charge in [0.1, 0.15) is 5.75 Å². The summed E-state index contributed by atoms with van der Waals surface area (Å²) in [5.74, 6) is 0.786. The second kappa shape index (κ2) is 11.7. The molecule has 0 heterocycles. The highest BCUT2D eigenvalue weighted by Gasteiger charge is 2.01. The highest BCUT2D eigenvalue weighted by atomic mass is 16.5. The van der Waals surface area contributed by atoms with Crippen molar-refractivity contribution in [1.29, 1.82) is 0 Å². The summed E-state index contributed by atoms with van der Waals surface area (Å²) in [5, 5.41) is 5.81. The van der Waals surface area contributed by atoms with Crippen molar-refractivity contribution in [3.8, 4) is 5.75 Å². The molecule has 0 aliphatic carbocycles. The molecule has 1 aromatic rings. The fraction of sp³-hybridized carbons (Fsp3) is 0.500. The van der Waals surface area contributed by atoms with Gasteiger partial charge in [-0.05, 0) is 18.6 Å². The van der Waals surface area contributed by atoms with Crippen LogP contribution >= 0.6 is 0 Å². The molecule has 2 N–H and O–H groups in total. The molecule has 0 fully saturated rings. The van der Waals surface area contributed by atoms with E-state index in [1.807, 2.05) is 24.3 Å². The van der Waals surface area contributed by atoms with Crippen LogP contribution in [0, 0.1) is 0 Å². The number of rotatable bonds is 12. The van der Waals surface area contributed by atoms with Crippen LogP contribution in [-0.4, -0.2) is 25.6 Å². The smallest absolute Gasteiger partial charge is 0.239 e. The molecular formula is C18H28N2O2. The third kappa shape index (κ3) is 8.35. The van der Waals surface area contributed by atoms with Crippen molar-refractivity contribution in [2.75, 3.05) is 25.0 Å². The van der Waals surface area contributed by atoms with Gasteiger partial charge in [-0.3, -0.25) is 4.79 Å². The number of amides is 1. The van der Waals surface area contributed by atoms with Gasteiger partial charge in [0, 0.05) is 18.3 Å². The first-order valence-corrected chi connectivity index (χ1v) is 8.10. The summed E-state index contributed by atoms with van der Waals surface area (Å²) in [6.07, 6.45) is 7.80. The standard InChI is InChI=1S/C18H28N2O2/c1-3-5-6-7-8-13-22-17-11-9-10-16(14-17)20-15-18(21)19-12-4-2/h4,9-11,14,20H,2-3,5-8,12-13,15H2,1H3,(H,19,21). The van der Waals surface area contributed by atoms with Gasteiger partial charge in [0.05, 0.1) is 13.2 Å². The van der Waals surface area contributed by atoms with Gasteiger partial charge in [-0.15, -0.1) is 6.58 Å². The van der Waals surface area contributed by atoms with E-state index in [9.17, 15) is 4.79 Å². The zero-order chi connectivity index (χ0) is 16.0. The lowest BCUT2D eigenvalue weighted by Gasteiger charge is -2.10. The molecule has 0 aromatic heterocycles. The average molecular weight is 304 g/mol. The van der Waals surface area contributed by atoms with Crippen LogP contribution in [0.25, 0.3) is 0 Å². The number of carbonyl (C=O) groups is 1. The third-order valence-electron chi connectivity index (χ3n) is 3.25. The molecule has 1 rings (SSSR count). The molecule has 1 aromatic carbocycles. The summed E-state index contributed by atoms with van der Waals surface area (Å²) < 4.78 is 5.74. The Labute approximate surface area is 133 Å². The molecule has 0 saturated heterocycles. The monoisotopic (exact) mass is 304 g/mol. The van der Waals surface area contributed by atoms with E-state index in [1.165, 1.54) is 25.7 Å². The molecule has 0 atom stereocenters. The van der Waals surface area contributed by atoms with E-state index in [-0.39, 0.29) is 12.5 Å². The van der Waals surface area contributed by atoms with Gasteiger partial charge in [-0.2, -0.15) is 0 Å². The first-order valence-electron chi connectivity index (χ1n) is 8.10. The lowest BCUT2D eigenvalue weighted by Crippen LogP contribution is -2.29. The van der Waals surface area contributed by atoms with Crippen LogP contribution in [-0.2, 0) is 4.79 Å². The number of ether oxygens (including phenoxy) is 1. The van der Waals surface area contributed by atoms with Crippen LogP contribution in [0.3, 0.4) is 0 Å². The van der Waals surface area contributed by atoms with E-state index in [2.05, 4.69) is 24.1 Å². The summed E-state index contributed by atoms with van der Waals surface area (Å²) in [6.45, 7) is 7.25. The zero-order valence-electron chi connectivity index (χ0n) is 13.6. The number of carbonyl (C=O) groups excluding carboxylic acids is 1. The molecule has 1 amide bonds. The molecular weight excluding hydrogens is 276 g/mol. The van der Waals surface area contributed by atoms with Crippen molar-refractivity contribution in [3.63, 3.8) is 0 Å². The molecule has 0 aliphatic heterocycles. The molecule has 4 heteroatoms. The first-order chi connectivity index (χ1) is 10.8. The highest BCUT2D eigenvalue weighted by Crippen LogP contribution is 2.17. The van der Waals surface area contributed by atoms with Crippen LogP contribution < -0.4 is 15.4 Å². The topological polar surface area (TPSA) is 50.4 Å². The summed E-state index contributed by atoms with van der Waals surface area (Å²) in [4.78, 5) is 11.5. The van der Waals surface area contributed by atoms with Gasteiger partial charge in [0.2, 0.25) is 5.91 Å². The summed E-state index contributed by atoms with van der Waals surface area (Å²) in [7, 11) is 0. The average Bonchev–Trinajstić information content (AvgIpc) is 2.54. The van der Waals surface area contributed by atoms with Gasteiger partial charge in [0.25, 0.3) is 0 Å². The van der Waals surface area contributed by atoms with Gasteiger partial charge >= 0.3 is 0 Å². The van der Waals surface area contributed by atoms with Gasteiger partial charge in [0.15, 0.2) is 0 Å². The maximum Gasteiger partial charge on any atom is 0.239 e. The third-order valence-corrected chi connectivity index (χ3v) is 3.25. The number of hydrogen-bond donors (Lipinski definition) is 2. The molecule has 0 saturated carbocycles. The zero-order valence-corrected chi connectivity index (χ0v) is 13.6. The normalized spacial score (nSPS) is 10.0. The van der Waals surface area contributed by atoms with Crippen LogP contribution in [0.4, 0.5) is 5.69 Å². The van der Waals surface area contributed by atoms with Crippen molar-refractivity contribution in [2.24, 2.45) is 0 Å². The van der Waals surface area contributed by atoms with Crippen molar-refractivity contribution in [3.05, 3.63) is 36.9 Å². The summed E-state index contributed by atoms with van der Waals surface area (Å²) in [5.41, 5.74) is 0.886. The quantitative estimate of drug-likeness (QED) is 0.457. The van der Waals surface area contributed by atoms with E-state index in [0.29, 0.717) is 6.54 Å². The minimum Gasteiger partial charge on any atom is -0.494 e. The number of hydrogen-bond acceptors (Lipinski definition) is 3. The minimum atomic E-state index is -0.0536. The molecule has 0 bridgehead atoms. The number of unbranched alkanes of at least 4 members (excludes halogenated alkanes) is 4. The van der Waals surface area contributed by atoms with Gasteiger partial charge in [-0.1, -0.05) is 44.7 Å². The summed E-state index contributed by atoms with van der Waals surface area (Å²) in [6, 6.07) is 7.72. The van der Waals surface area contributed by atoms with Crippen LogP contribution in [0.1, 0.15) is 39.0 Å². The van der Waals surface area contributed by atoms with Crippen molar-refractivity contribution < 1.29 is 9.53 Å². The lowest BCUT2D eigenvalue weighted by molar-refractivity contribution is -0.119. The Bertz CT molecular complexity index is 446. The van der Waals surface area contributed by atoms with E-state index < -0.39 is 0 Å². The molecule has 122 valence electrons. The van der Waals surface area contributed by atoms with E-state index in [1.54, 1.807) is 6.08 Å². The molecule has 22 heavy (non-hydrogen) atoms. The lowest BCUT2D eigenvalue weighted by atomic mass is 10.2. The van der Waals surface area contributed by atoms with Crippen molar-refractivity contribution >= 4 is 11.6 Å². The molecule has 0 spiro atoms. The van der Waals surface area contributed by atoms with Crippen LogP contribution in [0.15, 0.2) is 36.9 Å². The maximum atomic E-state index is 11.5. The van der Waals surface area contributed by atoms with E-state index in [0.717, 1.165) is 24.5 Å². The Morgan fingerprint density at radius 1 is 1.27 bits per heavy atom. The van der Waals surface area contributed by atoms with E-state index in [4.69, 9.17) is 4.74 Å². The second-order valence-corrected chi connectivity index (χ2v) is 5.24. The fourth-order valence-electron chi connectivity index (χ4n) is 2.02.